The largest absolute Gasteiger partial charge is 0.399 e. The lowest BCUT2D eigenvalue weighted by molar-refractivity contribution is 0.188. The van der Waals surface area contributed by atoms with Crippen molar-refractivity contribution in [3.05, 3.63) is 0 Å². The van der Waals surface area contributed by atoms with Gasteiger partial charge in [-0.3, -0.25) is 0 Å². The Morgan fingerprint density at radius 3 is 1.81 bits per heavy atom. The molecule has 1 aliphatic rings. The van der Waals surface area contributed by atoms with E-state index in [0.29, 0.717) is 0 Å². The van der Waals surface area contributed by atoms with Crippen LogP contribution < -0.4 is 0 Å². The minimum Gasteiger partial charge on any atom is -0.399 e. The highest BCUT2D eigenvalue weighted by Crippen LogP contribution is 2.48. The van der Waals surface area contributed by atoms with Crippen LogP contribution in [0.15, 0.2) is 0 Å². The second-order valence-electron chi connectivity index (χ2n) is 9.42. The van der Waals surface area contributed by atoms with Crippen molar-refractivity contribution in [1.82, 2.24) is 0 Å². The number of epoxide rings is 1. The Labute approximate surface area is 133 Å². The van der Waals surface area contributed by atoms with Gasteiger partial charge in [0, 0.05) is 0 Å². The predicted molar refractivity (Wildman–Crippen MR) is 93.5 cm³/mol. The molecule has 3 atom stereocenters. The number of nitriles is 1. The van der Waals surface area contributed by atoms with Crippen LogP contribution in [0.1, 0.15) is 41.5 Å². The Balaban J connectivity index is 2.82. The van der Waals surface area contributed by atoms with Crippen LogP contribution in [0, 0.1) is 11.3 Å². The molecule has 21 heavy (non-hydrogen) atoms. The van der Waals surface area contributed by atoms with E-state index < -0.39 is 22.5 Å². The second-order valence-corrected chi connectivity index (χ2v) is 19.7. The molecule has 1 rings (SSSR count). The van der Waals surface area contributed by atoms with E-state index in [9.17, 15) is 5.26 Å². The lowest BCUT2D eigenvalue weighted by Crippen LogP contribution is -2.48. The van der Waals surface area contributed by atoms with Crippen LogP contribution in [0.5, 0.6) is 0 Å². The summed E-state index contributed by atoms with van der Waals surface area (Å²) < 4.78 is 12.2. The first-order valence-corrected chi connectivity index (χ1v) is 13.9. The molecule has 0 saturated carbocycles. The first-order valence-electron chi connectivity index (χ1n) is 7.88. The smallest absolute Gasteiger partial charge is 0.193 e. The molecule has 0 N–H and O–H groups in total. The average Bonchev–Trinajstić information content (AvgIpc) is 3.02. The van der Waals surface area contributed by atoms with E-state index in [1.807, 2.05) is 0 Å². The molecule has 1 aliphatic heterocycles. The van der Waals surface area contributed by atoms with Gasteiger partial charge in [-0.05, 0) is 23.2 Å². The number of nitrogens with zero attached hydrogens (tertiary/aromatic N) is 1. The minimum atomic E-state index is -1.93. The third-order valence-electron chi connectivity index (χ3n) is 5.82. The van der Waals surface area contributed by atoms with Crippen molar-refractivity contribution in [2.24, 2.45) is 0 Å². The van der Waals surface area contributed by atoms with Gasteiger partial charge in [0.1, 0.15) is 6.10 Å². The van der Waals surface area contributed by atoms with Gasteiger partial charge in [-0.1, -0.05) is 54.6 Å². The van der Waals surface area contributed by atoms with Crippen molar-refractivity contribution >= 4 is 16.4 Å². The normalized spacial score (nSPS) is 25.4. The van der Waals surface area contributed by atoms with Crippen molar-refractivity contribution in [2.75, 3.05) is 0 Å². The maximum Gasteiger partial charge on any atom is 0.193 e. The summed E-state index contributed by atoms with van der Waals surface area (Å²) >= 11 is 0. The van der Waals surface area contributed by atoms with Crippen LogP contribution in [0.3, 0.4) is 0 Å². The summed E-state index contributed by atoms with van der Waals surface area (Å²) in [6.07, 6.45) is -0.435. The van der Waals surface area contributed by atoms with E-state index in [4.69, 9.17) is 9.16 Å². The Bertz CT molecular complexity index is 427. The van der Waals surface area contributed by atoms with E-state index in [-0.39, 0.29) is 21.9 Å². The van der Waals surface area contributed by atoms with Gasteiger partial charge in [0.25, 0.3) is 0 Å². The summed E-state index contributed by atoms with van der Waals surface area (Å²) in [7, 11) is -3.51. The Morgan fingerprint density at radius 1 is 1.00 bits per heavy atom. The molecule has 0 radical (unpaired) electrons. The second kappa shape index (κ2) is 5.48. The molecule has 1 heterocycles. The fourth-order valence-electron chi connectivity index (χ4n) is 2.02. The molecule has 0 aromatic rings. The molecule has 0 bridgehead atoms. The zero-order valence-corrected chi connectivity index (χ0v) is 17.5. The lowest BCUT2D eigenvalue weighted by atomic mass is 10.2. The monoisotopic (exact) mass is 327 g/mol. The molecule has 0 aliphatic carbocycles. The molecule has 122 valence electrons. The van der Waals surface area contributed by atoms with Crippen LogP contribution in [0.25, 0.3) is 0 Å². The van der Waals surface area contributed by atoms with E-state index in [1.54, 1.807) is 0 Å². The molecular formula is C16H33NO2Si2. The zero-order valence-electron chi connectivity index (χ0n) is 15.5. The van der Waals surface area contributed by atoms with E-state index in [2.05, 4.69) is 73.8 Å². The molecule has 1 saturated heterocycles. The van der Waals surface area contributed by atoms with Gasteiger partial charge in [0.15, 0.2) is 14.4 Å². The third-order valence-corrected chi connectivity index (χ3v) is 16.0. The number of ether oxygens (including phenoxy) is 1. The Morgan fingerprint density at radius 2 is 1.48 bits per heavy atom. The van der Waals surface area contributed by atoms with Crippen molar-refractivity contribution in [3.8, 4) is 6.07 Å². The quantitative estimate of drug-likeness (QED) is 0.554. The van der Waals surface area contributed by atoms with Gasteiger partial charge >= 0.3 is 0 Å². The Kier molecular flexibility index (Phi) is 4.93. The van der Waals surface area contributed by atoms with Gasteiger partial charge in [0.05, 0.1) is 19.9 Å². The molecule has 5 heteroatoms. The standard InChI is InChI=1S/C16H33NO2Si2/c1-15(2,3)20(7,8)14-13(18-14)12(11-17)19-21(9,10)16(4,5)6/h12-14H,1-10H3/t12-,13-,14-/m1/s1. The SMILES string of the molecule is CC(C)(C)[Si](C)(C)O[C@H](C#N)[C@H]1O[C@@H]1[Si](C)(C)C(C)(C)C. The van der Waals surface area contributed by atoms with Gasteiger partial charge in [-0.15, -0.1) is 0 Å². The predicted octanol–water partition coefficient (Wildman–Crippen LogP) is 4.72. The highest BCUT2D eigenvalue weighted by molar-refractivity contribution is 6.82. The van der Waals surface area contributed by atoms with Crippen LogP contribution in [-0.2, 0) is 9.16 Å². The van der Waals surface area contributed by atoms with Crippen LogP contribution in [0.4, 0.5) is 0 Å². The van der Waals surface area contributed by atoms with E-state index in [0.717, 1.165) is 0 Å². The fraction of sp³-hybridized carbons (Fsp3) is 0.938. The molecule has 0 aromatic carbocycles. The fourth-order valence-corrected chi connectivity index (χ4v) is 5.54. The first kappa shape index (κ1) is 18.9. The zero-order chi connectivity index (χ0) is 16.9. The number of hydrogen-bond acceptors (Lipinski definition) is 3. The highest BCUT2D eigenvalue weighted by Gasteiger charge is 2.59. The third kappa shape index (κ3) is 3.79. The first-order chi connectivity index (χ1) is 9.15. The summed E-state index contributed by atoms with van der Waals surface area (Å²) in [5.74, 6) is 0. The minimum absolute atomic E-state index is 0.0231. The van der Waals surface area contributed by atoms with Gasteiger partial charge < -0.3 is 9.16 Å². The summed E-state index contributed by atoms with van der Waals surface area (Å²) in [5.41, 5.74) is 0.243. The van der Waals surface area contributed by atoms with E-state index in [1.165, 1.54) is 0 Å². The van der Waals surface area contributed by atoms with Crippen molar-refractivity contribution in [3.63, 3.8) is 0 Å². The van der Waals surface area contributed by atoms with Crippen LogP contribution in [0.2, 0.25) is 36.3 Å². The van der Waals surface area contributed by atoms with Gasteiger partial charge in [0.2, 0.25) is 0 Å². The van der Waals surface area contributed by atoms with Crippen molar-refractivity contribution in [1.29, 1.82) is 5.26 Å². The summed E-state index contributed by atoms with van der Waals surface area (Å²) in [6, 6.07) is 2.36. The van der Waals surface area contributed by atoms with Crippen LogP contribution in [-0.4, -0.2) is 34.3 Å². The van der Waals surface area contributed by atoms with Crippen LogP contribution >= 0.6 is 0 Å². The highest BCUT2D eigenvalue weighted by atomic mass is 28.4. The Hall–Kier alpha value is -0.156. The van der Waals surface area contributed by atoms with Crippen molar-refractivity contribution in [2.45, 2.75) is 95.7 Å². The molecule has 0 spiro atoms. The summed E-state index contributed by atoms with van der Waals surface area (Å²) in [4.78, 5) is 0. The molecule has 3 nitrogen and oxygen atoms in total. The topological polar surface area (TPSA) is 45.5 Å². The van der Waals surface area contributed by atoms with Gasteiger partial charge in [-0.2, -0.15) is 5.26 Å². The summed E-state index contributed by atoms with van der Waals surface area (Å²) in [6.45, 7) is 22.6. The number of rotatable bonds is 4. The molecular weight excluding hydrogens is 294 g/mol. The average molecular weight is 328 g/mol. The van der Waals surface area contributed by atoms with Gasteiger partial charge in [-0.25, -0.2) is 0 Å². The van der Waals surface area contributed by atoms with E-state index >= 15 is 0 Å². The molecule has 0 amide bonds. The summed E-state index contributed by atoms with van der Waals surface area (Å²) in [5, 5.41) is 9.92. The maximum absolute atomic E-state index is 9.53. The maximum atomic E-state index is 9.53. The molecule has 0 aromatic heterocycles. The molecule has 0 unspecified atom stereocenters. The number of hydrogen-bond donors (Lipinski definition) is 0. The molecule has 1 fully saturated rings. The van der Waals surface area contributed by atoms with Crippen molar-refractivity contribution < 1.29 is 9.16 Å². The lowest BCUT2D eigenvalue weighted by Gasteiger charge is -2.38.